The number of nitrogens with one attached hydrogen (secondary N) is 1. The summed E-state index contributed by atoms with van der Waals surface area (Å²) in [5, 5.41) is 2.79. The minimum Gasteiger partial charge on any atom is -0.494 e. The Morgan fingerprint density at radius 3 is 2.42 bits per heavy atom. The average molecular weight is 385 g/mol. The number of rotatable bonds is 13. The quantitative estimate of drug-likeness (QED) is 0.333. The second-order valence-corrected chi connectivity index (χ2v) is 8.20. The fourth-order valence-electron chi connectivity index (χ4n) is 2.56. The first-order valence-electron chi connectivity index (χ1n) is 9.46. The monoisotopic (exact) mass is 385 g/mol. The van der Waals surface area contributed by atoms with Crippen molar-refractivity contribution in [2.75, 3.05) is 11.9 Å². The van der Waals surface area contributed by atoms with E-state index in [0.717, 1.165) is 38.5 Å². The van der Waals surface area contributed by atoms with Crippen LogP contribution in [0.1, 0.15) is 70.8 Å². The molecule has 148 valence electrons. The Morgan fingerprint density at radius 1 is 1.08 bits per heavy atom. The Balaban J connectivity index is 2.74. The Hall–Kier alpha value is -1.36. The molecule has 3 N–H and O–H groups in total. The largest absolute Gasteiger partial charge is 0.494 e. The van der Waals surface area contributed by atoms with E-state index in [1.54, 1.807) is 18.2 Å². The van der Waals surface area contributed by atoms with E-state index >= 15 is 0 Å². The number of hydrogen-bond acceptors (Lipinski definition) is 3. The van der Waals surface area contributed by atoms with Gasteiger partial charge in [-0.1, -0.05) is 52.0 Å². The summed E-state index contributed by atoms with van der Waals surface area (Å²) in [7, 11) is -4.23. The van der Waals surface area contributed by atoms with Gasteiger partial charge >= 0.3 is 7.60 Å². The van der Waals surface area contributed by atoms with Crippen LogP contribution in [0.25, 0.3) is 0 Å². The number of hydrogen-bond donors (Lipinski definition) is 3. The Kier molecular flexibility index (Phi) is 10.6. The molecule has 0 saturated carbocycles. The number of ether oxygens (including phenoxy) is 1. The molecule has 0 aliphatic heterocycles. The van der Waals surface area contributed by atoms with E-state index in [2.05, 4.69) is 19.2 Å². The lowest BCUT2D eigenvalue weighted by atomic mass is 10.1. The molecular formula is C19H32NO5P. The molecule has 26 heavy (non-hydrogen) atoms. The summed E-state index contributed by atoms with van der Waals surface area (Å²) in [5.41, 5.74) is 0.835. The van der Waals surface area contributed by atoms with Crippen molar-refractivity contribution in [3.05, 3.63) is 23.8 Å². The zero-order valence-electron chi connectivity index (χ0n) is 15.9. The van der Waals surface area contributed by atoms with Crippen molar-refractivity contribution >= 4 is 19.2 Å². The standard InChI is InChI=1S/C19H32NO5P/c1-3-5-7-8-9-10-19(21)20-18-14-17(25-13-6-4-2)12-11-16(18)15-26(22,23)24/h11-12,14H,3-10,13,15H2,1-2H3,(H,20,21)(H2,22,23,24). The third-order valence-electron chi connectivity index (χ3n) is 4.01. The van der Waals surface area contributed by atoms with E-state index in [9.17, 15) is 19.1 Å². The molecular weight excluding hydrogens is 353 g/mol. The van der Waals surface area contributed by atoms with Crippen molar-refractivity contribution in [1.82, 2.24) is 0 Å². The fraction of sp³-hybridized carbons (Fsp3) is 0.632. The second-order valence-electron chi connectivity index (χ2n) is 6.56. The van der Waals surface area contributed by atoms with E-state index < -0.39 is 13.8 Å². The Labute approximate surface area is 156 Å². The predicted molar refractivity (Wildman–Crippen MR) is 105 cm³/mol. The van der Waals surface area contributed by atoms with Crippen LogP contribution in [0.3, 0.4) is 0 Å². The van der Waals surface area contributed by atoms with Crippen LogP contribution in [-0.2, 0) is 15.5 Å². The minimum atomic E-state index is -4.23. The van der Waals surface area contributed by atoms with Crippen molar-refractivity contribution in [2.24, 2.45) is 0 Å². The van der Waals surface area contributed by atoms with Crippen LogP contribution in [-0.4, -0.2) is 22.3 Å². The summed E-state index contributed by atoms with van der Waals surface area (Å²) in [4.78, 5) is 30.7. The van der Waals surface area contributed by atoms with Crippen molar-refractivity contribution in [3.8, 4) is 5.75 Å². The van der Waals surface area contributed by atoms with E-state index in [0.29, 0.717) is 30.0 Å². The van der Waals surface area contributed by atoms with Gasteiger partial charge in [-0.15, -0.1) is 0 Å². The third-order valence-corrected chi connectivity index (χ3v) is 4.76. The van der Waals surface area contributed by atoms with Gasteiger partial charge in [0.15, 0.2) is 0 Å². The highest BCUT2D eigenvalue weighted by Gasteiger charge is 2.18. The van der Waals surface area contributed by atoms with Gasteiger partial charge in [0.2, 0.25) is 5.91 Å². The molecule has 0 aliphatic carbocycles. The number of carbonyl (C=O) groups excluding carboxylic acids is 1. The molecule has 0 atom stereocenters. The minimum absolute atomic E-state index is 0.140. The molecule has 0 heterocycles. The fourth-order valence-corrected chi connectivity index (χ4v) is 3.28. The zero-order valence-corrected chi connectivity index (χ0v) is 16.8. The van der Waals surface area contributed by atoms with Crippen molar-refractivity contribution in [2.45, 2.75) is 71.4 Å². The molecule has 1 rings (SSSR count). The van der Waals surface area contributed by atoms with Gasteiger partial charge in [-0.3, -0.25) is 9.36 Å². The molecule has 1 aromatic carbocycles. The van der Waals surface area contributed by atoms with Crippen LogP contribution in [0.4, 0.5) is 5.69 Å². The first kappa shape index (κ1) is 22.7. The summed E-state index contributed by atoms with van der Waals surface area (Å²) in [6.07, 6.45) is 7.20. The third kappa shape index (κ3) is 9.95. The lowest BCUT2D eigenvalue weighted by Gasteiger charge is -2.14. The van der Waals surface area contributed by atoms with Crippen molar-refractivity contribution in [3.63, 3.8) is 0 Å². The van der Waals surface area contributed by atoms with Crippen molar-refractivity contribution < 1.29 is 23.9 Å². The lowest BCUT2D eigenvalue weighted by Crippen LogP contribution is -2.13. The van der Waals surface area contributed by atoms with E-state index in [4.69, 9.17) is 4.74 Å². The topological polar surface area (TPSA) is 95.9 Å². The molecule has 0 saturated heterocycles. The lowest BCUT2D eigenvalue weighted by molar-refractivity contribution is -0.116. The van der Waals surface area contributed by atoms with Crippen LogP contribution < -0.4 is 10.1 Å². The van der Waals surface area contributed by atoms with E-state index in [-0.39, 0.29) is 5.91 Å². The molecule has 7 heteroatoms. The maximum atomic E-state index is 12.2. The number of benzene rings is 1. The highest BCUT2D eigenvalue weighted by Crippen LogP contribution is 2.41. The van der Waals surface area contributed by atoms with Crippen LogP contribution in [0.15, 0.2) is 18.2 Å². The van der Waals surface area contributed by atoms with Gasteiger partial charge < -0.3 is 19.8 Å². The number of anilines is 1. The summed E-state index contributed by atoms with van der Waals surface area (Å²) in [6.45, 7) is 4.78. The SMILES string of the molecule is CCCCCCCC(=O)Nc1cc(OCCCC)ccc1CP(=O)(O)O. The number of amides is 1. The summed E-state index contributed by atoms with van der Waals surface area (Å²) in [6, 6.07) is 4.94. The van der Waals surface area contributed by atoms with Gasteiger partial charge in [-0.25, -0.2) is 0 Å². The summed E-state index contributed by atoms with van der Waals surface area (Å²) in [5.74, 6) is 0.449. The average Bonchev–Trinajstić information content (AvgIpc) is 2.56. The Morgan fingerprint density at radius 2 is 1.77 bits per heavy atom. The van der Waals surface area contributed by atoms with Crippen LogP contribution >= 0.6 is 7.60 Å². The van der Waals surface area contributed by atoms with Crippen molar-refractivity contribution in [1.29, 1.82) is 0 Å². The molecule has 0 radical (unpaired) electrons. The molecule has 6 nitrogen and oxygen atoms in total. The molecule has 0 spiro atoms. The molecule has 0 bridgehead atoms. The zero-order chi connectivity index (χ0) is 19.4. The van der Waals surface area contributed by atoms with Gasteiger partial charge in [0.05, 0.1) is 12.8 Å². The molecule has 0 fully saturated rings. The maximum Gasteiger partial charge on any atom is 0.329 e. The van der Waals surface area contributed by atoms with Crippen LogP contribution in [0.5, 0.6) is 5.75 Å². The molecule has 1 aromatic rings. The predicted octanol–water partition coefficient (Wildman–Crippen LogP) is 4.84. The molecule has 0 aromatic heterocycles. The van der Waals surface area contributed by atoms with Gasteiger partial charge in [0.25, 0.3) is 0 Å². The number of unbranched alkanes of at least 4 members (excludes halogenated alkanes) is 5. The maximum absolute atomic E-state index is 12.2. The first-order valence-corrected chi connectivity index (χ1v) is 11.3. The second kappa shape index (κ2) is 12.1. The molecule has 0 unspecified atom stereocenters. The van der Waals surface area contributed by atoms with Gasteiger partial charge in [-0.2, -0.15) is 0 Å². The van der Waals surface area contributed by atoms with Crippen LogP contribution in [0, 0.1) is 0 Å². The van der Waals surface area contributed by atoms with Crippen LogP contribution in [0.2, 0.25) is 0 Å². The first-order chi connectivity index (χ1) is 12.4. The highest BCUT2D eigenvalue weighted by atomic mass is 31.2. The van der Waals surface area contributed by atoms with E-state index in [1.165, 1.54) is 6.42 Å². The van der Waals surface area contributed by atoms with Gasteiger partial charge in [0.1, 0.15) is 5.75 Å². The smallest absolute Gasteiger partial charge is 0.329 e. The molecule has 1 amide bonds. The normalized spacial score (nSPS) is 11.4. The molecule has 0 aliphatic rings. The summed E-state index contributed by atoms with van der Waals surface area (Å²) >= 11 is 0. The van der Waals surface area contributed by atoms with E-state index in [1.807, 2.05) is 0 Å². The highest BCUT2D eigenvalue weighted by molar-refractivity contribution is 7.50. The Bertz CT molecular complexity index is 600. The summed E-state index contributed by atoms with van der Waals surface area (Å²) < 4.78 is 17.0. The number of carbonyl (C=O) groups is 1. The van der Waals surface area contributed by atoms with Gasteiger partial charge in [0, 0.05) is 18.2 Å². The van der Waals surface area contributed by atoms with Gasteiger partial charge in [-0.05, 0) is 24.5 Å².